The minimum atomic E-state index is -0.437. The largest absolute Gasteiger partial charge is 0.207 e. The number of nitriles is 1. The zero-order chi connectivity index (χ0) is 9.68. The number of halogens is 2. The highest BCUT2D eigenvalue weighted by molar-refractivity contribution is 6.19. The first kappa shape index (κ1) is 9.58. The number of hydrogen-bond acceptors (Lipinski definition) is 1. The van der Waals surface area contributed by atoms with Gasteiger partial charge in [-0.05, 0) is 18.2 Å². The molecule has 1 aromatic carbocycles. The Labute approximate surface area is 80.8 Å². The van der Waals surface area contributed by atoms with E-state index in [0.717, 1.165) is 6.07 Å². The van der Waals surface area contributed by atoms with Crippen LogP contribution in [0.3, 0.4) is 0 Å². The minimum absolute atomic E-state index is 0.197. The van der Waals surface area contributed by atoms with E-state index in [-0.39, 0.29) is 11.4 Å². The van der Waals surface area contributed by atoms with Crippen LogP contribution in [0.15, 0.2) is 18.2 Å². The molecule has 0 spiro atoms. The fourth-order valence-electron chi connectivity index (χ4n) is 0.847. The van der Waals surface area contributed by atoms with Crippen molar-refractivity contribution in [2.75, 3.05) is 5.88 Å². The van der Waals surface area contributed by atoms with E-state index in [4.69, 9.17) is 16.9 Å². The lowest BCUT2D eigenvalue weighted by Crippen LogP contribution is -1.85. The summed E-state index contributed by atoms with van der Waals surface area (Å²) in [4.78, 5) is 0. The molecule has 64 valence electrons. The van der Waals surface area contributed by atoms with Gasteiger partial charge in [0.25, 0.3) is 0 Å². The summed E-state index contributed by atoms with van der Waals surface area (Å²) in [6, 6.07) is 5.74. The molecule has 0 aliphatic carbocycles. The Hall–Kier alpha value is -1.51. The first-order valence-electron chi connectivity index (χ1n) is 3.52. The molecule has 0 heterocycles. The first-order valence-corrected chi connectivity index (χ1v) is 4.06. The van der Waals surface area contributed by atoms with E-state index >= 15 is 0 Å². The third kappa shape index (κ3) is 2.47. The van der Waals surface area contributed by atoms with Gasteiger partial charge in [0.1, 0.15) is 11.9 Å². The van der Waals surface area contributed by atoms with Crippen molar-refractivity contribution in [2.24, 2.45) is 0 Å². The average molecular weight is 194 g/mol. The molecular weight excluding hydrogens is 189 g/mol. The molecule has 0 aliphatic rings. The quantitative estimate of drug-likeness (QED) is 0.458. The SMILES string of the molecule is N#Cc1cc(F)ccc1C#CCCl. The Bertz CT molecular complexity index is 409. The van der Waals surface area contributed by atoms with Crippen molar-refractivity contribution in [1.82, 2.24) is 0 Å². The van der Waals surface area contributed by atoms with Crippen molar-refractivity contribution in [2.45, 2.75) is 0 Å². The van der Waals surface area contributed by atoms with Gasteiger partial charge in [0.2, 0.25) is 0 Å². The van der Waals surface area contributed by atoms with E-state index in [9.17, 15) is 4.39 Å². The molecule has 0 radical (unpaired) electrons. The molecule has 0 fully saturated rings. The fraction of sp³-hybridized carbons (Fsp3) is 0.100. The van der Waals surface area contributed by atoms with Crippen molar-refractivity contribution in [3.05, 3.63) is 35.1 Å². The van der Waals surface area contributed by atoms with Gasteiger partial charge in [-0.1, -0.05) is 11.8 Å². The molecule has 0 N–H and O–H groups in total. The molecule has 0 unspecified atom stereocenters. The lowest BCUT2D eigenvalue weighted by atomic mass is 10.1. The fourth-order valence-corrected chi connectivity index (χ4v) is 0.913. The van der Waals surface area contributed by atoms with Crippen molar-refractivity contribution < 1.29 is 4.39 Å². The van der Waals surface area contributed by atoms with Gasteiger partial charge in [0, 0.05) is 5.56 Å². The predicted octanol–water partition coefficient (Wildman–Crippen LogP) is 2.29. The van der Waals surface area contributed by atoms with Gasteiger partial charge in [-0.15, -0.1) is 11.6 Å². The van der Waals surface area contributed by atoms with Gasteiger partial charge in [0.05, 0.1) is 11.4 Å². The summed E-state index contributed by atoms with van der Waals surface area (Å²) in [6.07, 6.45) is 0. The lowest BCUT2D eigenvalue weighted by Gasteiger charge is -1.93. The first-order chi connectivity index (χ1) is 6.27. The molecule has 1 aromatic rings. The van der Waals surface area contributed by atoms with Crippen molar-refractivity contribution >= 4 is 11.6 Å². The Kier molecular flexibility index (Phi) is 3.31. The molecule has 0 amide bonds. The van der Waals surface area contributed by atoms with E-state index in [1.54, 1.807) is 0 Å². The van der Waals surface area contributed by atoms with E-state index in [0.29, 0.717) is 5.56 Å². The van der Waals surface area contributed by atoms with Crippen molar-refractivity contribution in [3.8, 4) is 17.9 Å². The second-order valence-electron chi connectivity index (χ2n) is 2.24. The molecule has 1 rings (SSSR count). The number of alkyl halides is 1. The third-order valence-electron chi connectivity index (χ3n) is 1.39. The van der Waals surface area contributed by atoms with Crippen LogP contribution >= 0.6 is 11.6 Å². The summed E-state index contributed by atoms with van der Waals surface area (Å²) in [5.41, 5.74) is 0.738. The molecule has 0 aliphatic heterocycles. The molecule has 0 aromatic heterocycles. The second kappa shape index (κ2) is 4.50. The number of rotatable bonds is 0. The molecule has 0 saturated heterocycles. The van der Waals surface area contributed by atoms with Crippen LogP contribution in [0.2, 0.25) is 0 Å². The van der Waals surface area contributed by atoms with Crippen LogP contribution in [0.4, 0.5) is 4.39 Å². The summed E-state index contributed by atoms with van der Waals surface area (Å²) >= 11 is 5.35. The smallest absolute Gasteiger partial charge is 0.124 e. The molecule has 0 bridgehead atoms. The molecule has 0 atom stereocenters. The maximum atomic E-state index is 12.6. The van der Waals surface area contributed by atoms with Crippen molar-refractivity contribution in [3.63, 3.8) is 0 Å². The van der Waals surface area contributed by atoms with Crippen molar-refractivity contribution in [1.29, 1.82) is 5.26 Å². The summed E-state index contributed by atoms with van der Waals surface area (Å²) in [5.74, 6) is 5.03. The highest BCUT2D eigenvalue weighted by Crippen LogP contribution is 2.08. The van der Waals surface area contributed by atoms with Gasteiger partial charge >= 0.3 is 0 Å². The Morgan fingerprint density at radius 1 is 1.38 bits per heavy atom. The second-order valence-corrected chi connectivity index (χ2v) is 2.50. The van der Waals surface area contributed by atoms with Crippen LogP contribution in [-0.4, -0.2) is 5.88 Å². The van der Waals surface area contributed by atoms with E-state index in [2.05, 4.69) is 11.8 Å². The molecular formula is C10H5ClFN. The Morgan fingerprint density at radius 3 is 2.77 bits per heavy atom. The van der Waals surface area contributed by atoms with Crippen LogP contribution in [0.1, 0.15) is 11.1 Å². The Balaban J connectivity index is 3.16. The minimum Gasteiger partial charge on any atom is -0.207 e. The number of benzene rings is 1. The normalized spacial score (nSPS) is 8.38. The molecule has 13 heavy (non-hydrogen) atoms. The summed E-state index contributed by atoms with van der Waals surface area (Å²) in [7, 11) is 0. The molecule has 1 nitrogen and oxygen atoms in total. The van der Waals surface area contributed by atoms with Gasteiger partial charge in [0.15, 0.2) is 0 Å². The summed E-state index contributed by atoms with van der Waals surface area (Å²) in [5, 5.41) is 8.62. The lowest BCUT2D eigenvalue weighted by molar-refractivity contribution is 0.627. The zero-order valence-electron chi connectivity index (χ0n) is 6.64. The predicted molar refractivity (Wildman–Crippen MR) is 48.7 cm³/mol. The van der Waals surface area contributed by atoms with Gasteiger partial charge in [-0.3, -0.25) is 0 Å². The third-order valence-corrected chi connectivity index (χ3v) is 1.53. The number of nitrogens with zero attached hydrogens (tertiary/aromatic N) is 1. The monoisotopic (exact) mass is 193 g/mol. The maximum Gasteiger partial charge on any atom is 0.124 e. The van der Waals surface area contributed by atoms with Gasteiger partial charge in [-0.25, -0.2) is 4.39 Å². The standard InChI is InChI=1S/C10H5ClFN/c11-5-1-2-8-3-4-10(12)6-9(8)7-13/h3-4,6H,5H2. The van der Waals surface area contributed by atoms with Gasteiger partial charge < -0.3 is 0 Å². The Morgan fingerprint density at radius 2 is 2.15 bits per heavy atom. The number of hydrogen-bond donors (Lipinski definition) is 0. The van der Waals surface area contributed by atoms with E-state index in [1.165, 1.54) is 12.1 Å². The maximum absolute atomic E-state index is 12.6. The highest BCUT2D eigenvalue weighted by atomic mass is 35.5. The van der Waals surface area contributed by atoms with E-state index < -0.39 is 5.82 Å². The zero-order valence-corrected chi connectivity index (χ0v) is 7.40. The highest BCUT2D eigenvalue weighted by Gasteiger charge is 1.99. The van der Waals surface area contributed by atoms with E-state index in [1.807, 2.05) is 6.07 Å². The van der Waals surface area contributed by atoms with Gasteiger partial charge in [-0.2, -0.15) is 5.26 Å². The van der Waals surface area contributed by atoms with Crippen LogP contribution in [0.25, 0.3) is 0 Å². The van der Waals surface area contributed by atoms with Crippen LogP contribution in [0, 0.1) is 29.0 Å². The summed E-state index contributed by atoms with van der Waals surface area (Å²) < 4.78 is 12.6. The van der Waals surface area contributed by atoms with Crippen LogP contribution in [-0.2, 0) is 0 Å². The summed E-state index contributed by atoms with van der Waals surface area (Å²) in [6.45, 7) is 0. The molecule has 0 saturated carbocycles. The molecule has 3 heteroatoms. The van der Waals surface area contributed by atoms with Crippen LogP contribution in [0.5, 0.6) is 0 Å². The average Bonchev–Trinajstić information content (AvgIpc) is 2.16. The topological polar surface area (TPSA) is 23.8 Å². The van der Waals surface area contributed by atoms with Crippen LogP contribution < -0.4 is 0 Å².